The highest BCUT2D eigenvalue weighted by molar-refractivity contribution is 5.76. The Morgan fingerprint density at radius 3 is 0.869 bits per heavy atom. The number of carbonyl (C=O) groups excluding carboxylic acids is 2. The lowest BCUT2D eigenvalue weighted by Gasteiger charge is -2.22. The van der Waals surface area contributed by atoms with Crippen LogP contribution in [0.1, 0.15) is 450 Å². The molecule has 6 nitrogen and oxygen atoms in total. The van der Waals surface area contributed by atoms with Gasteiger partial charge >= 0.3 is 5.97 Å². The van der Waals surface area contributed by atoms with Crippen LogP contribution >= 0.6 is 0 Å². The summed E-state index contributed by atoms with van der Waals surface area (Å²) in [6.07, 6.45) is 93.1. The van der Waals surface area contributed by atoms with E-state index in [4.69, 9.17) is 4.74 Å². The Morgan fingerprint density at radius 1 is 0.321 bits per heavy atom. The number of allylic oxidation sites excluding steroid dienone is 2. The van der Waals surface area contributed by atoms with E-state index in [1.165, 1.54) is 372 Å². The first kappa shape index (κ1) is 82.6. The van der Waals surface area contributed by atoms with E-state index in [0.717, 1.165) is 44.9 Å². The molecule has 3 N–H and O–H groups in total. The van der Waals surface area contributed by atoms with Crippen molar-refractivity contribution in [3.05, 3.63) is 12.2 Å². The molecule has 0 radical (unpaired) electrons. The SMILES string of the molecule is CCCCC/C=C\CCCCCCCC(=O)OCCCCCCCCCCCCCCCCCCCCCCCCCCCCCCCCCCCCCC(=O)NC(CO)C(O)CCCCCCCCCCCCCCCCCCCCCC. The topological polar surface area (TPSA) is 95.9 Å². The highest BCUT2D eigenvalue weighted by Crippen LogP contribution is 2.20. The van der Waals surface area contributed by atoms with Gasteiger partial charge < -0.3 is 20.3 Å². The molecule has 0 spiro atoms. The van der Waals surface area contributed by atoms with E-state index in [1.54, 1.807) is 0 Å². The summed E-state index contributed by atoms with van der Waals surface area (Å²) in [7, 11) is 0. The van der Waals surface area contributed by atoms with E-state index in [-0.39, 0.29) is 18.5 Å². The molecule has 0 aromatic carbocycles. The minimum Gasteiger partial charge on any atom is -0.466 e. The van der Waals surface area contributed by atoms with Crippen molar-refractivity contribution >= 4 is 11.9 Å². The van der Waals surface area contributed by atoms with Gasteiger partial charge in [0.15, 0.2) is 0 Å². The van der Waals surface area contributed by atoms with Crippen molar-refractivity contribution in [2.75, 3.05) is 13.2 Å². The van der Waals surface area contributed by atoms with Crippen molar-refractivity contribution in [2.24, 2.45) is 0 Å². The lowest BCUT2D eigenvalue weighted by atomic mass is 10.0. The summed E-state index contributed by atoms with van der Waals surface area (Å²) in [5, 5.41) is 23.4. The van der Waals surface area contributed by atoms with Gasteiger partial charge in [0.1, 0.15) is 0 Å². The average Bonchev–Trinajstić information content (AvgIpc) is 3.52. The number of hydrogen-bond acceptors (Lipinski definition) is 5. The fourth-order valence-corrected chi connectivity index (χ4v) is 12.6. The number of esters is 1. The smallest absolute Gasteiger partial charge is 0.305 e. The first-order valence-corrected chi connectivity index (χ1v) is 38.9. The molecule has 0 rings (SSSR count). The maximum atomic E-state index is 12.6. The van der Waals surface area contributed by atoms with E-state index in [1.807, 2.05) is 0 Å². The average molecular weight is 1190 g/mol. The maximum Gasteiger partial charge on any atom is 0.305 e. The first-order valence-electron chi connectivity index (χ1n) is 38.9. The molecule has 0 heterocycles. The number of carbonyl (C=O) groups is 2. The molecule has 0 aromatic heterocycles. The van der Waals surface area contributed by atoms with Crippen LogP contribution in [0.2, 0.25) is 0 Å². The van der Waals surface area contributed by atoms with Crippen molar-refractivity contribution in [1.29, 1.82) is 0 Å². The van der Waals surface area contributed by atoms with Gasteiger partial charge in [0.25, 0.3) is 0 Å². The van der Waals surface area contributed by atoms with Crippen LogP contribution in [0.15, 0.2) is 12.2 Å². The van der Waals surface area contributed by atoms with Crippen molar-refractivity contribution in [2.45, 2.75) is 463 Å². The van der Waals surface area contributed by atoms with Crippen molar-refractivity contribution in [3.8, 4) is 0 Å². The summed E-state index contributed by atoms with van der Waals surface area (Å²) < 4.78 is 5.48. The third-order valence-corrected chi connectivity index (χ3v) is 18.6. The Bertz CT molecular complexity index is 1270. The van der Waals surface area contributed by atoms with Gasteiger partial charge in [-0.3, -0.25) is 9.59 Å². The van der Waals surface area contributed by atoms with Crippen LogP contribution < -0.4 is 5.32 Å². The minimum atomic E-state index is -0.661. The molecular formula is C78H153NO5. The van der Waals surface area contributed by atoms with Crippen LogP contribution in [-0.4, -0.2) is 47.4 Å². The quantitative estimate of drug-likeness (QED) is 0.0320. The number of ether oxygens (including phenoxy) is 1. The summed E-state index contributed by atoms with van der Waals surface area (Å²) in [5.41, 5.74) is 0. The number of hydrogen-bond donors (Lipinski definition) is 3. The molecule has 0 fully saturated rings. The summed E-state index contributed by atoms with van der Waals surface area (Å²) >= 11 is 0. The normalized spacial score (nSPS) is 12.5. The second-order valence-electron chi connectivity index (χ2n) is 27.0. The fraction of sp³-hybridized carbons (Fsp3) is 0.949. The molecule has 0 aliphatic rings. The highest BCUT2D eigenvalue weighted by atomic mass is 16.5. The Labute approximate surface area is 527 Å². The number of amides is 1. The molecule has 0 aromatic rings. The van der Waals surface area contributed by atoms with Crippen molar-refractivity contribution < 1.29 is 24.5 Å². The highest BCUT2D eigenvalue weighted by Gasteiger charge is 2.20. The molecule has 0 aliphatic heterocycles. The Kier molecular flexibility index (Phi) is 72.8. The van der Waals surface area contributed by atoms with Crippen LogP contribution in [0.5, 0.6) is 0 Å². The monoisotopic (exact) mass is 1180 g/mol. The van der Waals surface area contributed by atoms with Gasteiger partial charge in [-0.05, 0) is 51.4 Å². The summed E-state index contributed by atoms with van der Waals surface area (Å²) in [6.45, 7) is 4.98. The molecule has 2 unspecified atom stereocenters. The third-order valence-electron chi connectivity index (χ3n) is 18.6. The number of unbranched alkanes of at least 4 members (excludes halogenated alkanes) is 61. The largest absolute Gasteiger partial charge is 0.466 e. The Balaban J connectivity index is 3.31. The van der Waals surface area contributed by atoms with Crippen LogP contribution in [0.4, 0.5) is 0 Å². The predicted molar refractivity (Wildman–Crippen MR) is 370 cm³/mol. The first-order chi connectivity index (χ1) is 41.5. The molecule has 0 aliphatic carbocycles. The number of aliphatic hydroxyl groups is 2. The lowest BCUT2D eigenvalue weighted by molar-refractivity contribution is -0.143. The van der Waals surface area contributed by atoms with E-state index >= 15 is 0 Å². The van der Waals surface area contributed by atoms with Crippen LogP contribution in [0, 0.1) is 0 Å². The Morgan fingerprint density at radius 2 is 0.560 bits per heavy atom. The van der Waals surface area contributed by atoms with E-state index in [9.17, 15) is 19.8 Å². The predicted octanol–water partition coefficient (Wildman–Crippen LogP) is 25.5. The second kappa shape index (κ2) is 74.1. The summed E-state index contributed by atoms with van der Waals surface area (Å²) in [5.74, 6) is -0.0108. The van der Waals surface area contributed by atoms with Gasteiger partial charge in [-0.2, -0.15) is 0 Å². The fourth-order valence-electron chi connectivity index (χ4n) is 12.6. The van der Waals surface area contributed by atoms with Gasteiger partial charge in [0.05, 0.1) is 25.4 Å². The summed E-state index contributed by atoms with van der Waals surface area (Å²) in [6, 6.07) is -0.537. The van der Waals surface area contributed by atoms with Gasteiger partial charge in [0.2, 0.25) is 5.91 Å². The maximum absolute atomic E-state index is 12.6. The molecule has 0 saturated carbocycles. The van der Waals surface area contributed by atoms with Gasteiger partial charge in [-0.1, -0.05) is 398 Å². The van der Waals surface area contributed by atoms with E-state index < -0.39 is 12.1 Å². The molecule has 500 valence electrons. The zero-order chi connectivity index (χ0) is 60.6. The zero-order valence-electron chi connectivity index (χ0n) is 57.4. The Hall–Kier alpha value is -1.40. The molecule has 1 amide bonds. The second-order valence-corrected chi connectivity index (χ2v) is 27.0. The van der Waals surface area contributed by atoms with Gasteiger partial charge in [-0.15, -0.1) is 0 Å². The van der Waals surface area contributed by atoms with E-state index in [0.29, 0.717) is 25.9 Å². The lowest BCUT2D eigenvalue weighted by Crippen LogP contribution is -2.45. The van der Waals surface area contributed by atoms with Gasteiger partial charge in [-0.25, -0.2) is 0 Å². The standard InChI is InChI=1S/C78H153NO5/c1-3-5-7-9-11-13-15-17-18-19-20-38-41-44-47-50-54-58-62-66-70-76(81)75(74-80)79-77(82)71-67-63-59-55-51-48-45-42-39-36-34-32-30-28-26-24-22-21-23-25-27-29-31-33-35-37-40-43-46-49-53-57-61-65-69-73-84-78(83)72-68-64-60-56-52-16-14-12-10-8-6-4-2/h12,14,75-76,80-81H,3-11,13,15-74H2,1-2H3,(H,79,82)/b14-12-. The van der Waals surface area contributed by atoms with Gasteiger partial charge in [0, 0.05) is 12.8 Å². The minimum absolute atomic E-state index is 0.0134. The van der Waals surface area contributed by atoms with Crippen LogP contribution in [-0.2, 0) is 14.3 Å². The van der Waals surface area contributed by atoms with Crippen LogP contribution in [0.3, 0.4) is 0 Å². The number of nitrogens with one attached hydrogen (secondary N) is 1. The number of aliphatic hydroxyl groups excluding tert-OH is 2. The van der Waals surface area contributed by atoms with E-state index in [2.05, 4.69) is 31.3 Å². The molecule has 2 atom stereocenters. The molecule has 0 bridgehead atoms. The number of rotatable bonds is 74. The molecule has 0 saturated heterocycles. The molecule has 84 heavy (non-hydrogen) atoms. The van der Waals surface area contributed by atoms with Crippen molar-refractivity contribution in [3.63, 3.8) is 0 Å². The van der Waals surface area contributed by atoms with Crippen molar-refractivity contribution in [1.82, 2.24) is 5.32 Å². The third kappa shape index (κ3) is 69.7. The molecule has 6 heteroatoms. The zero-order valence-corrected chi connectivity index (χ0v) is 57.4. The van der Waals surface area contributed by atoms with Crippen LogP contribution in [0.25, 0.3) is 0 Å². The molecular weight excluding hydrogens is 1030 g/mol. The summed E-state index contributed by atoms with van der Waals surface area (Å²) in [4.78, 5) is 24.6.